The second-order valence-electron chi connectivity index (χ2n) is 7.41. The maximum absolute atomic E-state index is 14.1. The number of benzene rings is 2. The van der Waals surface area contributed by atoms with Gasteiger partial charge in [0, 0.05) is 17.2 Å². The molecule has 2 unspecified atom stereocenters. The molecular weight excluding hydrogens is 449 g/mol. The molecule has 0 aliphatic rings. The maximum atomic E-state index is 14.1. The van der Waals surface area contributed by atoms with Crippen molar-refractivity contribution in [1.82, 2.24) is 10.2 Å². The summed E-state index contributed by atoms with van der Waals surface area (Å²) in [6.07, 6.45) is -4.44. The molecule has 0 amide bonds. The minimum atomic E-state index is -5.14. The number of halogens is 5. The zero-order valence-electron chi connectivity index (χ0n) is 17.6. The second-order valence-corrected chi connectivity index (χ2v) is 7.41. The van der Waals surface area contributed by atoms with Gasteiger partial charge in [-0.25, -0.2) is 9.49 Å². The Kier molecular flexibility index (Phi) is 6.82. The predicted molar refractivity (Wildman–Crippen MR) is 112 cm³/mol. The van der Waals surface area contributed by atoms with Gasteiger partial charge in [-0.2, -0.15) is 22.7 Å². The molecule has 0 bridgehead atoms. The highest BCUT2D eigenvalue weighted by Crippen LogP contribution is 2.42. The summed E-state index contributed by atoms with van der Waals surface area (Å²) in [7, 11) is 1.07. The van der Waals surface area contributed by atoms with Crippen LogP contribution in [0.3, 0.4) is 0 Å². The van der Waals surface area contributed by atoms with Crippen molar-refractivity contribution in [2.75, 3.05) is 7.11 Å². The first kappa shape index (κ1) is 24.3. The van der Waals surface area contributed by atoms with Crippen LogP contribution in [-0.4, -0.2) is 40.4 Å². The van der Waals surface area contributed by atoms with Crippen LogP contribution in [0, 0.1) is 11.6 Å². The Labute approximate surface area is 184 Å². The van der Waals surface area contributed by atoms with Crippen molar-refractivity contribution >= 4 is 22.7 Å². The monoisotopic (exact) mass is 469 g/mol. The van der Waals surface area contributed by atoms with Crippen LogP contribution in [0.15, 0.2) is 46.3 Å². The smallest absolute Gasteiger partial charge is 0.422 e. The average Bonchev–Trinajstić information content (AvgIpc) is 2.77. The van der Waals surface area contributed by atoms with E-state index in [1.165, 1.54) is 24.4 Å². The van der Waals surface area contributed by atoms with Gasteiger partial charge in [0.1, 0.15) is 0 Å². The summed E-state index contributed by atoms with van der Waals surface area (Å²) < 4.78 is 74.4. The fourth-order valence-corrected chi connectivity index (χ4v) is 3.56. The summed E-state index contributed by atoms with van der Waals surface area (Å²) in [5.41, 5.74) is -3.99. The molecule has 2 aromatic carbocycles. The molecule has 0 spiro atoms. The summed E-state index contributed by atoms with van der Waals surface area (Å²) in [6.45, 7) is 1.54. The highest BCUT2D eigenvalue weighted by molar-refractivity contribution is 5.93. The Hall–Kier alpha value is -3.34. The minimum absolute atomic E-state index is 0.00719. The normalized spacial score (nSPS) is 15.0. The van der Waals surface area contributed by atoms with E-state index in [4.69, 9.17) is 4.74 Å². The number of hydrogen-bond donors (Lipinski definition) is 2. The van der Waals surface area contributed by atoms with Crippen LogP contribution in [0.2, 0.25) is 0 Å². The van der Waals surface area contributed by atoms with E-state index < -0.39 is 47.1 Å². The van der Waals surface area contributed by atoms with E-state index in [2.05, 4.69) is 15.2 Å². The fourth-order valence-electron chi connectivity index (χ4n) is 3.56. The summed E-state index contributed by atoms with van der Waals surface area (Å²) >= 11 is 0. The molecular formula is C22H20F5N3O3. The molecule has 2 atom stereocenters. The number of ether oxygens (including phenoxy) is 1. The Morgan fingerprint density at radius 2 is 1.94 bits per heavy atom. The number of aliphatic hydroxyl groups is 1. The number of H-pyrrole nitrogens is 1. The van der Waals surface area contributed by atoms with Gasteiger partial charge < -0.3 is 9.84 Å². The van der Waals surface area contributed by atoms with E-state index in [1.54, 1.807) is 6.92 Å². The van der Waals surface area contributed by atoms with Crippen molar-refractivity contribution < 1.29 is 31.8 Å². The van der Waals surface area contributed by atoms with Gasteiger partial charge in [0.2, 0.25) is 5.82 Å². The minimum Gasteiger partial charge on any atom is -0.493 e. The number of methoxy groups -OCH3 is 1. The van der Waals surface area contributed by atoms with Gasteiger partial charge in [-0.1, -0.05) is 19.1 Å². The molecule has 11 heteroatoms. The number of aromatic nitrogens is 2. The number of alkyl halides is 3. The average molecular weight is 469 g/mol. The molecule has 0 fully saturated rings. The standard InChI is InChI=1S/C22H20F5N3O3/c1-3-12(13-7-8-16(23)18(24)19(13)33-2)9-21(32,22(25,26)27)11-28-17-6-4-5-14-15(17)10-29-30-20(14)31/h4-8,10-12,32H,3,9H2,1-2H3,(H,30,31). The fraction of sp³-hybridized carbons (Fsp3) is 0.318. The first-order valence-electron chi connectivity index (χ1n) is 9.85. The second kappa shape index (κ2) is 9.26. The number of nitrogens with zero attached hydrogens (tertiary/aromatic N) is 2. The third-order valence-corrected chi connectivity index (χ3v) is 5.37. The molecule has 0 saturated carbocycles. The van der Waals surface area contributed by atoms with E-state index in [0.29, 0.717) is 6.21 Å². The molecule has 3 aromatic rings. The Morgan fingerprint density at radius 3 is 2.58 bits per heavy atom. The summed E-state index contributed by atoms with van der Waals surface area (Å²) in [5.74, 6) is -4.11. The molecule has 1 heterocycles. The van der Waals surface area contributed by atoms with Gasteiger partial charge in [-0.15, -0.1) is 0 Å². The number of nitrogens with one attached hydrogen (secondary N) is 1. The van der Waals surface area contributed by atoms with Crippen LogP contribution in [-0.2, 0) is 0 Å². The van der Waals surface area contributed by atoms with E-state index in [-0.39, 0.29) is 28.4 Å². The van der Waals surface area contributed by atoms with Crippen molar-refractivity contribution in [3.8, 4) is 5.75 Å². The van der Waals surface area contributed by atoms with E-state index in [1.807, 2.05) is 0 Å². The Morgan fingerprint density at radius 1 is 1.21 bits per heavy atom. The lowest BCUT2D eigenvalue weighted by Gasteiger charge is -2.31. The topological polar surface area (TPSA) is 87.6 Å². The molecule has 1 aromatic heterocycles. The first-order chi connectivity index (χ1) is 15.5. The summed E-state index contributed by atoms with van der Waals surface area (Å²) in [6, 6.07) is 6.16. The SMILES string of the molecule is CCC(CC(O)(C=Nc1cccc2c(=O)[nH]ncc12)C(F)(F)F)c1ccc(F)c(F)c1OC. The molecule has 176 valence electrons. The largest absolute Gasteiger partial charge is 0.493 e. The lowest BCUT2D eigenvalue weighted by Crippen LogP contribution is -2.47. The Balaban J connectivity index is 2.05. The van der Waals surface area contributed by atoms with Gasteiger partial charge >= 0.3 is 6.18 Å². The van der Waals surface area contributed by atoms with Crippen LogP contribution in [0.25, 0.3) is 10.8 Å². The van der Waals surface area contributed by atoms with Crippen LogP contribution < -0.4 is 10.3 Å². The molecule has 2 N–H and O–H groups in total. The third kappa shape index (κ3) is 4.72. The number of rotatable bonds is 7. The lowest BCUT2D eigenvalue weighted by atomic mass is 9.83. The highest BCUT2D eigenvalue weighted by Gasteiger charge is 2.53. The first-order valence-corrected chi connectivity index (χ1v) is 9.85. The maximum Gasteiger partial charge on any atom is 0.422 e. The zero-order valence-corrected chi connectivity index (χ0v) is 17.6. The molecule has 33 heavy (non-hydrogen) atoms. The van der Waals surface area contributed by atoms with Crippen molar-refractivity contribution in [3.05, 3.63) is 64.1 Å². The van der Waals surface area contributed by atoms with Gasteiger partial charge in [-0.05, 0) is 37.0 Å². The molecule has 3 rings (SSSR count). The van der Waals surface area contributed by atoms with Crippen LogP contribution >= 0.6 is 0 Å². The van der Waals surface area contributed by atoms with Gasteiger partial charge in [0.25, 0.3) is 5.56 Å². The van der Waals surface area contributed by atoms with Crippen LogP contribution in [0.4, 0.5) is 27.6 Å². The molecule has 0 aliphatic carbocycles. The number of hydrogen-bond acceptors (Lipinski definition) is 5. The third-order valence-electron chi connectivity index (χ3n) is 5.37. The molecule has 6 nitrogen and oxygen atoms in total. The number of fused-ring (bicyclic) bond motifs is 1. The molecule has 0 radical (unpaired) electrons. The van der Waals surface area contributed by atoms with E-state index in [9.17, 15) is 31.9 Å². The summed E-state index contributed by atoms with van der Waals surface area (Å²) in [5, 5.41) is 16.8. The van der Waals surface area contributed by atoms with Crippen molar-refractivity contribution in [2.24, 2.45) is 4.99 Å². The van der Waals surface area contributed by atoms with Gasteiger partial charge in [0.05, 0.1) is 24.4 Å². The van der Waals surface area contributed by atoms with Crippen molar-refractivity contribution in [1.29, 1.82) is 0 Å². The van der Waals surface area contributed by atoms with Crippen LogP contribution in [0.1, 0.15) is 31.2 Å². The molecule has 0 saturated heterocycles. The zero-order chi connectivity index (χ0) is 24.4. The number of aliphatic imine (C=N–C) groups is 1. The predicted octanol–water partition coefficient (Wildman–Crippen LogP) is 4.79. The number of aromatic amines is 1. The van der Waals surface area contributed by atoms with Gasteiger partial charge in [0.15, 0.2) is 17.2 Å². The van der Waals surface area contributed by atoms with Crippen LogP contribution in [0.5, 0.6) is 5.75 Å². The van der Waals surface area contributed by atoms with E-state index in [0.717, 1.165) is 19.2 Å². The Bertz CT molecular complexity index is 1240. The molecule has 0 aliphatic heterocycles. The van der Waals surface area contributed by atoms with E-state index >= 15 is 0 Å². The lowest BCUT2D eigenvalue weighted by molar-refractivity contribution is -0.232. The summed E-state index contributed by atoms with van der Waals surface area (Å²) in [4.78, 5) is 15.7. The van der Waals surface area contributed by atoms with Crippen molar-refractivity contribution in [2.45, 2.75) is 37.5 Å². The quantitative estimate of drug-likeness (QED) is 0.385. The highest BCUT2D eigenvalue weighted by atomic mass is 19.4. The van der Waals surface area contributed by atoms with Gasteiger partial charge in [-0.3, -0.25) is 9.79 Å². The van der Waals surface area contributed by atoms with Crippen molar-refractivity contribution in [3.63, 3.8) is 0 Å².